The Hall–Kier alpha value is -1.87. The Morgan fingerprint density at radius 3 is 2.39 bits per heavy atom. The van der Waals surface area contributed by atoms with Crippen LogP contribution in [0.4, 0.5) is 5.82 Å². The number of benzene rings is 1. The van der Waals surface area contributed by atoms with Crippen LogP contribution in [0.15, 0.2) is 42.6 Å². The second kappa shape index (κ2) is 5.65. The number of aryl methyl sites for hydroxylation is 1. The molecule has 1 aromatic heterocycles. The average Bonchev–Trinajstić information content (AvgIpc) is 2.32. The Kier molecular flexibility index (Phi) is 3.95. The molecule has 0 aliphatic rings. The van der Waals surface area contributed by atoms with Crippen molar-refractivity contribution in [3.05, 3.63) is 59.3 Å². The third-order valence-electron chi connectivity index (χ3n) is 2.96. The minimum Gasteiger partial charge on any atom is -0.384 e. The van der Waals surface area contributed by atoms with E-state index in [0.29, 0.717) is 5.82 Å². The SMILES string of the molecule is Cc1ccc(CC(N)Cc2ccnc(N)c2)cc1. The molecule has 94 valence electrons. The van der Waals surface area contributed by atoms with Gasteiger partial charge in [-0.25, -0.2) is 4.98 Å². The number of hydrogen-bond acceptors (Lipinski definition) is 3. The summed E-state index contributed by atoms with van der Waals surface area (Å²) in [6, 6.07) is 12.5. The molecule has 0 radical (unpaired) electrons. The van der Waals surface area contributed by atoms with Crippen molar-refractivity contribution >= 4 is 5.82 Å². The molecule has 3 nitrogen and oxygen atoms in total. The molecule has 3 heteroatoms. The number of anilines is 1. The second-order valence-electron chi connectivity index (χ2n) is 4.74. The number of nitrogen functional groups attached to an aromatic ring is 1. The lowest BCUT2D eigenvalue weighted by atomic mass is 10.00. The Balaban J connectivity index is 1.96. The molecule has 2 rings (SSSR count). The van der Waals surface area contributed by atoms with E-state index < -0.39 is 0 Å². The molecule has 0 saturated carbocycles. The number of hydrogen-bond donors (Lipinski definition) is 2. The van der Waals surface area contributed by atoms with E-state index in [1.54, 1.807) is 6.20 Å². The van der Waals surface area contributed by atoms with Gasteiger partial charge in [0, 0.05) is 12.2 Å². The van der Waals surface area contributed by atoms with Gasteiger partial charge >= 0.3 is 0 Å². The molecule has 0 aliphatic carbocycles. The molecule has 0 aliphatic heterocycles. The number of nitrogens with zero attached hydrogens (tertiary/aromatic N) is 1. The van der Waals surface area contributed by atoms with Gasteiger partial charge in [0.2, 0.25) is 0 Å². The van der Waals surface area contributed by atoms with E-state index in [1.807, 2.05) is 12.1 Å². The minimum absolute atomic E-state index is 0.106. The van der Waals surface area contributed by atoms with Crippen molar-refractivity contribution < 1.29 is 0 Å². The lowest BCUT2D eigenvalue weighted by Gasteiger charge is -2.12. The molecule has 2 aromatic rings. The van der Waals surface area contributed by atoms with E-state index in [2.05, 4.69) is 36.2 Å². The second-order valence-corrected chi connectivity index (χ2v) is 4.74. The lowest BCUT2D eigenvalue weighted by Crippen LogP contribution is -2.25. The van der Waals surface area contributed by atoms with Crippen LogP contribution in [0.2, 0.25) is 0 Å². The van der Waals surface area contributed by atoms with E-state index in [1.165, 1.54) is 11.1 Å². The fourth-order valence-corrected chi connectivity index (χ4v) is 2.02. The first-order chi connectivity index (χ1) is 8.63. The summed E-state index contributed by atoms with van der Waals surface area (Å²) >= 11 is 0. The first kappa shape index (κ1) is 12.6. The van der Waals surface area contributed by atoms with Crippen molar-refractivity contribution in [2.45, 2.75) is 25.8 Å². The van der Waals surface area contributed by atoms with Gasteiger partial charge in [0.05, 0.1) is 0 Å². The van der Waals surface area contributed by atoms with Gasteiger partial charge < -0.3 is 11.5 Å². The highest BCUT2D eigenvalue weighted by molar-refractivity contribution is 5.32. The van der Waals surface area contributed by atoms with Crippen LogP contribution in [0.1, 0.15) is 16.7 Å². The van der Waals surface area contributed by atoms with Crippen LogP contribution in [0, 0.1) is 6.92 Å². The molecular weight excluding hydrogens is 222 g/mol. The van der Waals surface area contributed by atoms with Gasteiger partial charge in [0.25, 0.3) is 0 Å². The van der Waals surface area contributed by atoms with Crippen LogP contribution in [-0.2, 0) is 12.8 Å². The smallest absolute Gasteiger partial charge is 0.123 e. The van der Waals surface area contributed by atoms with Gasteiger partial charge in [-0.05, 0) is 43.0 Å². The van der Waals surface area contributed by atoms with Crippen molar-refractivity contribution in [2.75, 3.05) is 5.73 Å². The normalized spacial score (nSPS) is 12.3. The molecule has 0 spiro atoms. The van der Waals surface area contributed by atoms with Crippen LogP contribution in [-0.4, -0.2) is 11.0 Å². The van der Waals surface area contributed by atoms with Crippen molar-refractivity contribution in [2.24, 2.45) is 5.73 Å². The Morgan fingerprint density at radius 1 is 1.06 bits per heavy atom. The monoisotopic (exact) mass is 241 g/mol. The number of rotatable bonds is 4. The largest absolute Gasteiger partial charge is 0.384 e. The molecule has 0 fully saturated rings. The summed E-state index contributed by atoms with van der Waals surface area (Å²) in [5, 5.41) is 0. The summed E-state index contributed by atoms with van der Waals surface area (Å²) in [6.07, 6.45) is 3.42. The fraction of sp³-hybridized carbons (Fsp3) is 0.267. The summed E-state index contributed by atoms with van der Waals surface area (Å²) < 4.78 is 0. The number of pyridine rings is 1. The predicted octanol–water partition coefficient (Wildman–Crippen LogP) is 2.08. The molecule has 1 atom stereocenters. The van der Waals surface area contributed by atoms with E-state index in [4.69, 9.17) is 11.5 Å². The Bertz CT molecular complexity index is 505. The quantitative estimate of drug-likeness (QED) is 0.861. The standard InChI is InChI=1S/C15H19N3/c1-11-2-4-12(5-3-11)8-14(16)9-13-6-7-18-15(17)10-13/h2-7,10,14H,8-9,16H2,1H3,(H2,17,18). The van der Waals surface area contributed by atoms with Crippen molar-refractivity contribution in [3.8, 4) is 0 Å². The third kappa shape index (κ3) is 3.57. The summed E-state index contributed by atoms with van der Waals surface area (Å²) in [7, 11) is 0. The van der Waals surface area contributed by atoms with E-state index in [0.717, 1.165) is 18.4 Å². The van der Waals surface area contributed by atoms with Crippen LogP contribution >= 0.6 is 0 Å². The highest BCUT2D eigenvalue weighted by Gasteiger charge is 2.06. The summed E-state index contributed by atoms with van der Waals surface area (Å²) in [4.78, 5) is 3.98. The van der Waals surface area contributed by atoms with E-state index >= 15 is 0 Å². The molecule has 0 amide bonds. The van der Waals surface area contributed by atoms with Gasteiger partial charge in [-0.1, -0.05) is 29.8 Å². The maximum atomic E-state index is 6.16. The predicted molar refractivity (Wildman–Crippen MR) is 75.2 cm³/mol. The molecule has 4 N–H and O–H groups in total. The van der Waals surface area contributed by atoms with Crippen molar-refractivity contribution in [1.82, 2.24) is 4.98 Å². The third-order valence-corrected chi connectivity index (χ3v) is 2.96. The summed E-state index contributed by atoms with van der Waals surface area (Å²) in [6.45, 7) is 2.09. The molecule has 18 heavy (non-hydrogen) atoms. The number of aromatic nitrogens is 1. The van der Waals surface area contributed by atoms with Crippen LogP contribution in [0.25, 0.3) is 0 Å². The number of nitrogens with two attached hydrogens (primary N) is 2. The van der Waals surface area contributed by atoms with E-state index in [-0.39, 0.29) is 6.04 Å². The zero-order chi connectivity index (χ0) is 13.0. The maximum Gasteiger partial charge on any atom is 0.123 e. The lowest BCUT2D eigenvalue weighted by molar-refractivity contribution is 0.664. The molecule has 0 saturated heterocycles. The summed E-state index contributed by atoms with van der Waals surface area (Å²) in [5.41, 5.74) is 15.5. The van der Waals surface area contributed by atoms with Gasteiger partial charge in [-0.15, -0.1) is 0 Å². The maximum absolute atomic E-state index is 6.16. The van der Waals surface area contributed by atoms with Crippen LogP contribution in [0.5, 0.6) is 0 Å². The first-order valence-corrected chi connectivity index (χ1v) is 6.15. The van der Waals surface area contributed by atoms with Crippen LogP contribution < -0.4 is 11.5 Å². The van der Waals surface area contributed by atoms with Gasteiger partial charge in [-0.2, -0.15) is 0 Å². The van der Waals surface area contributed by atoms with Gasteiger partial charge in [-0.3, -0.25) is 0 Å². The highest BCUT2D eigenvalue weighted by Crippen LogP contribution is 2.10. The van der Waals surface area contributed by atoms with Crippen LogP contribution in [0.3, 0.4) is 0 Å². The average molecular weight is 241 g/mol. The molecular formula is C15H19N3. The van der Waals surface area contributed by atoms with Crippen molar-refractivity contribution in [3.63, 3.8) is 0 Å². The Morgan fingerprint density at radius 2 is 1.72 bits per heavy atom. The zero-order valence-electron chi connectivity index (χ0n) is 10.6. The highest BCUT2D eigenvalue weighted by atomic mass is 14.8. The van der Waals surface area contributed by atoms with Gasteiger partial charge in [0.15, 0.2) is 0 Å². The molecule has 1 heterocycles. The fourth-order valence-electron chi connectivity index (χ4n) is 2.02. The summed E-state index contributed by atoms with van der Waals surface area (Å²) in [5.74, 6) is 0.551. The Labute approximate surface area is 108 Å². The topological polar surface area (TPSA) is 64.9 Å². The molecule has 1 unspecified atom stereocenters. The first-order valence-electron chi connectivity index (χ1n) is 6.15. The van der Waals surface area contributed by atoms with E-state index in [9.17, 15) is 0 Å². The van der Waals surface area contributed by atoms with Crippen molar-refractivity contribution in [1.29, 1.82) is 0 Å². The molecule has 1 aromatic carbocycles. The zero-order valence-corrected chi connectivity index (χ0v) is 10.6. The minimum atomic E-state index is 0.106. The molecule has 0 bridgehead atoms. The van der Waals surface area contributed by atoms with Gasteiger partial charge in [0.1, 0.15) is 5.82 Å².